The molecule has 152 valence electrons. The maximum absolute atomic E-state index is 13.4. The zero-order chi connectivity index (χ0) is 21.2. The van der Waals surface area contributed by atoms with E-state index in [2.05, 4.69) is 10.8 Å². The van der Waals surface area contributed by atoms with Crippen molar-refractivity contribution in [1.82, 2.24) is 4.72 Å². The fourth-order valence-corrected chi connectivity index (χ4v) is 5.11. The molecule has 0 unspecified atom stereocenters. The highest BCUT2D eigenvalue weighted by Gasteiger charge is 2.26. The molecule has 0 bridgehead atoms. The molecule has 0 aliphatic rings. The molecule has 1 N–H and O–H groups in total. The van der Waals surface area contributed by atoms with Crippen LogP contribution in [-0.2, 0) is 10.0 Å². The van der Waals surface area contributed by atoms with E-state index in [0.717, 1.165) is 27.8 Å². The Morgan fingerprint density at radius 3 is 2.17 bits per heavy atom. The zero-order valence-electron chi connectivity index (χ0n) is 17.5. The maximum atomic E-state index is 13.4. The van der Waals surface area contributed by atoms with Crippen LogP contribution in [-0.4, -0.2) is 15.5 Å². The first-order valence-electron chi connectivity index (χ1n) is 9.53. The van der Waals surface area contributed by atoms with Crippen molar-refractivity contribution in [3.05, 3.63) is 94.0 Å². The van der Waals surface area contributed by atoms with Gasteiger partial charge in [-0.2, -0.15) is 4.72 Å². The summed E-state index contributed by atoms with van der Waals surface area (Å²) in [5, 5.41) is 0. The van der Waals surface area contributed by atoms with Crippen LogP contribution in [0.5, 0.6) is 5.75 Å². The minimum Gasteiger partial charge on any atom is -0.496 e. The second-order valence-electron chi connectivity index (χ2n) is 7.34. The summed E-state index contributed by atoms with van der Waals surface area (Å²) in [7, 11) is -2.18. The van der Waals surface area contributed by atoms with Crippen molar-refractivity contribution in [1.29, 1.82) is 0 Å². The number of sulfonamides is 1. The Morgan fingerprint density at radius 2 is 1.55 bits per heavy atom. The Labute approximate surface area is 173 Å². The molecular formula is C24H27NO3S. The first kappa shape index (κ1) is 21.1. The van der Waals surface area contributed by atoms with Gasteiger partial charge >= 0.3 is 0 Å². The molecule has 0 aromatic heterocycles. The normalized spacial score (nSPS) is 12.6. The van der Waals surface area contributed by atoms with E-state index in [1.54, 1.807) is 26.2 Å². The lowest BCUT2D eigenvalue weighted by molar-refractivity contribution is 0.410. The van der Waals surface area contributed by atoms with Crippen LogP contribution in [0.4, 0.5) is 0 Å². The first-order valence-corrected chi connectivity index (χ1v) is 11.0. The third-order valence-electron chi connectivity index (χ3n) is 5.34. The van der Waals surface area contributed by atoms with E-state index < -0.39 is 16.1 Å². The molecule has 0 amide bonds. The summed E-state index contributed by atoms with van der Waals surface area (Å²) in [4.78, 5) is 0.265. The fraction of sp³-hybridized carbons (Fsp3) is 0.250. The van der Waals surface area contributed by atoms with Gasteiger partial charge in [0.25, 0.3) is 0 Å². The second kappa shape index (κ2) is 8.39. The molecule has 0 radical (unpaired) electrons. The molecule has 1 atom stereocenters. The lowest BCUT2D eigenvalue weighted by atomic mass is 9.95. The number of aryl methyl sites for hydroxylation is 2. The van der Waals surface area contributed by atoms with E-state index >= 15 is 0 Å². The van der Waals surface area contributed by atoms with Gasteiger partial charge < -0.3 is 4.74 Å². The Morgan fingerprint density at radius 1 is 0.862 bits per heavy atom. The van der Waals surface area contributed by atoms with Crippen LogP contribution in [0.25, 0.3) is 0 Å². The lowest BCUT2D eigenvalue weighted by Gasteiger charge is -2.23. The summed E-state index contributed by atoms with van der Waals surface area (Å²) >= 11 is 0. The van der Waals surface area contributed by atoms with E-state index in [0.29, 0.717) is 11.3 Å². The van der Waals surface area contributed by atoms with Gasteiger partial charge in [0.15, 0.2) is 0 Å². The summed E-state index contributed by atoms with van der Waals surface area (Å²) in [6.07, 6.45) is 0. The fourth-order valence-electron chi connectivity index (χ4n) is 3.61. The molecular weight excluding hydrogens is 382 g/mol. The van der Waals surface area contributed by atoms with Gasteiger partial charge in [-0.15, -0.1) is 0 Å². The number of nitrogens with one attached hydrogen (secondary N) is 1. The molecule has 0 heterocycles. The molecule has 4 nitrogen and oxygen atoms in total. The lowest BCUT2D eigenvalue weighted by Crippen LogP contribution is -2.30. The molecule has 0 saturated carbocycles. The van der Waals surface area contributed by atoms with Gasteiger partial charge in [0.2, 0.25) is 10.0 Å². The molecule has 3 aromatic carbocycles. The Hall–Kier alpha value is -2.63. The van der Waals surface area contributed by atoms with Crippen LogP contribution in [0.15, 0.2) is 65.6 Å². The third kappa shape index (κ3) is 4.36. The summed E-state index contributed by atoms with van der Waals surface area (Å²) in [6, 6.07) is 18.5. The van der Waals surface area contributed by atoms with Crippen LogP contribution < -0.4 is 9.46 Å². The van der Waals surface area contributed by atoms with Crippen molar-refractivity contribution in [3.63, 3.8) is 0 Å². The van der Waals surface area contributed by atoms with Gasteiger partial charge in [-0.1, -0.05) is 54.1 Å². The highest BCUT2D eigenvalue weighted by atomic mass is 32.2. The average molecular weight is 410 g/mol. The van der Waals surface area contributed by atoms with Crippen molar-refractivity contribution in [2.45, 2.75) is 38.6 Å². The van der Waals surface area contributed by atoms with Gasteiger partial charge in [-0.25, -0.2) is 8.42 Å². The van der Waals surface area contributed by atoms with E-state index in [1.807, 2.05) is 63.2 Å². The van der Waals surface area contributed by atoms with Crippen LogP contribution in [0, 0.1) is 27.7 Å². The van der Waals surface area contributed by atoms with Crippen molar-refractivity contribution in [2.75, 3.05) is 7.11 Å². The maximum Gasteiger partial charge on any atom is 0.241 e. The molecule has 0 fully saturated rings. The summed E-state index contributed by atoms with van der Waals surface area (Å²) < 4.78 is 35.0. The largest absolute Gasteiger partial charge is 0.496 e. The monoisotopic (exact) mass is 409 g/mol. The Bertz CT molecular complexity index is 1120. The minimum atomic E-state index is -3.77. The molecule has 29 heavy (non-hydrogen) atoms. The third-order valence-corrected chi connectivity index (χ3v) is 6.91. The predicted octanol–water partition coefficient (Wildman–Crippen LogP) is 5.00. The number of methoxy groups -OCH3 is 1. The van der Waals surface area contributed by atoms with Crippen molar-refractivity contribution < 1.29 is 13.2 Å². The first-order chi connectivity index (χ1) is 13.7. The van der Waals surface area contributed by atoms with Gasteiger partial charge in [0, 0.05) is 0 Å². The van der Waals surface area contributed by atoms with Crippen molar-refractivity contribution in [3.8, 4) is 5.75 Å². The van der Waals surface area contributed by atoms with Gasteiger partial charge in [-0.05, 0) is 67.6 Å². The highest BCUT2D eigenvalue weighted by Crippen LogP contribution is 2.31. The van der Waals surface area contributed by atoms with Crippen molar-refractivity contribution >= 4 is 10.0 Å². The number of hydrogen-bond acceptors (Lipinski definition) is 3. The SMILES string of the molecule is COc1ccc(S(=O)(=O)N[C@@H](c2ccccc2)c2ccc(C)cc2C)c(C)c1C. The van der Waals surface area contributed by atoms with E-state index in [-0.39, 0.29) is 4.90 Å². The molecule has 3 rings (SSSR count). The molecule has 0 aliphatic heterocycles. The molecule has 5 heteroatoms. The smallest absolute Gasteiger partial charge is 0.241 e. The van der Waals surface area contributed by atoms with Gasteiger partial charge in [-0.3, -0.25) is 0 Å². The van der Waals surface area contributed by atoms with Crippen LogP contribution in [0.3, 0.4) is 0 Å². The van der Waals surface area contributed by atoms with Crippen LogP contribution in [0.1, 0.15) is 39.4 Å². The van der Waals surface area contributed by atoms with Gasteiger partial charge in [0.1, 0.15) is 5.75 Å². The van der Waals surface area contributed by atoms with E-state index in [9.17, 15) is 8.42 Å². The topological polar surface area (TPSA) is 55.4 Å². The second-order valence-corrected chi connectivity index (χ2v) is 9.02. The van der Waals surface area contributed by atoms with E-state index in [1.165, 1.54) is 0 Å². The Balaban J connectivity index is 2.10. The number of ether oxygens (including phenoxy) is 1. The van der Waals surface area contributed by atoms with Crippen LogP contribution in [0.2, 0.25) is 0 Å². The molecule has 0 aliphatic carbocycles. The summed E-state index contributed by atoms with van der Waals surface area (Å²) in [6.45, 7) is 7.71. The average Bonchev–Trinajstić information content (AvgIpc) is 2.69. The number of rotatable bonds is 6. The molecule has 3 aromatic rings. The highest BCUT2D eigenvalue weighted by molar-refractivity contribution is 7.89. The van der Waals surface area contributed by atoms with Crippen LogP contribution >= 0.6 is 0 Å². The standard InChI is InChI=1S/C24H27NO3S/c1-16-11-12-21(17(2)15-16)24(20-9-7-6-8-10-20)25-29(26,27)23-14-13-22(28-5)18(3)19(23)4/h6-15,24-25H,1-5H3/t24-/m0/s1. The summed E-state index contributed by atoms with van der Waals surface area (Å²) in [5.74, 6) is 0.676. The number of hydrogen-bond donors (Lipinski definition) is 1. The zero-order valence-corrected chi connectivity index (χ0v) is 18.3. The minimum absolute atomic E-state index is 0.265. The molecule has 0 saturated heterocycles. The van der Waals surface area contributed by atoms with E-state index in [4.69, 9.17) is 4.74 Å². The number of benzene rings is 3. The Kier molecular flexibility index (Phi) is 6.10. The van der Waals surface area contributed by atoms with Crippen molar-refractivity contribution in [2.24, 2.45) is 0 Å². The van der Waals surface area contributed by atoms with Gasteiger partial charge in [0.05, 0.1) is 18.0 Å². The predicted molar refractivity (Wildman–Crippen MR) is 117 cm³/mol. The summed E-state index contributed by atoms with van der Waals surface area (Å²) in [5.41, 5.74) is 5.52. The quantitative estimate of drug-likeness (QED) is 0.623. The molecule has 0 spiro atoms.